The number of nitrogens with one attached hydrogen (secondary N) is 2. The average Bonchev–Trinajstić information content (AvgIpc) is 2.67. The Kier molecular flexibility index (Phi) is 5.51. The predicted octanol–water partition coefficient (Wildman–Crippen LogP) is 4.66. The van der Waals surface area contributed by atoms with E-state index >= 15 is 0 Å². The molecule has 5 nitrogen and oxygen atoms in total. The largest absolute Gasteiger partial charge is 0.322 e. The van der Waals surface area contributed by atoms with Gasteiger partial charge in [0.05, 0.1) is 10.6 Å². The van der Waals surface area contributed by atoms with E-state index in [1.165, 1.54) is 12.1 Å². The molecule has 0 atom stereocenters. The molecule has 2 N–H and O–H groups in total. The van der Waals surface area contributed by atoms with Crippen molar-refractivity contribution in [3.05, 3.63) is 89.0 Å². The van der Waals surface area contributed by atoms with Gasteiger partial charge in [0.15, 0.2) is 0 Å². The Morgan fingerprint density at radius 1 is 0.786 bits per heavy atom. The molecule has 0 saturated carbocycles. The van der Waals surface area contributed by atoms with Crippen LogP contribution in [0.4, 0.5) is 11.4 Å². The highest BCUT2D eigenvalue weighted by Crippen LogP contribution is 2.24. The van der Waals surface area contributed by atoms with Gasteiger partial charge in [-0.3, -0.25) is 9.52 Å². The summed E-state index contributed by atoms with van der Waals surface area (Å²) in [4.78, 5) is 12.7. The third-order valence-electron chi connectivity index (χ3n) is 4.56. The Balaban J connectivity index is 1.83. The van der Waals surface area contributed by atoms with Crippen molar-refractivity contribution in [1.29, 1.82) is 0 Å². The van der Waals surface area contributed by atoms with E-state index in [-0.39, 0.29) is 10.8 Å². The molecule has 0 fully saturated rings. The van der Waals surface area contributed by atoms with Gasteiger partial charge in [0.25, 0.3) is 15.9 Å². The van der Waals surface area contributed by atoms with Crippen molar-refractivity contribution >= 4 is 27.3 Å². The molecule has 3 aromatic carbocycles. The predicted molar refractivity (Wildman–Crippen MR) is 112 cm³/mol. The van der Waals surface area contributed by atoms with Crippen LogP contribution in [0.5, 0.6) is 0 Å². The second-order valence-electron chi connectivity index (χ2n) is 6.70. The minimum Gasteiger partial charge on any atom is -0.322 e. The molecule has 3 rings (SSSR count). The number of hydrogen-bond acceptors (Lipinski definition) is 3. The smallest absolute Gasteiger partial charge is 0.261 e. The Bertz CT molecular complexity index is 1120. The van der Waals surface area contributed by atoms with Crippen LogP contribution in [0, 0.1) is 20.8 Å². The minimum absolute atomic E-state index is 0.180. The second-order valence-corrected chi connectivity index (χ2v) is 8.38. The maximum atomic E-state index is 12.6. The lowest BCUT2D eigenvalue weighted by molar-refractivity contribution is 0.102. The van der Waals surface area contributed by atoms with E-state index in [0.717, 1.165) is 16.7 Å². The van der Waals surface area contributed by atoms with Gasteiger partial charge in [0.2, 0.25) is 0 Å². The molecule has 0 unspecified atom stereocenters. The molecule has 0 radical (unpaired) electrons. The molecule has 0 aliphatic carbocycles. The molecule has 0 saturated heterocycles. The van der Waals surface area contributed by atoms with Crippen LogP contribution < -0.4 is 10.0 Å². The summed E-state index contributed by atoms with van der Waals surface area (Å²) in [5.74, 6) is -0.246. The maximum Gasteiger partial charge on any atom is 0.261 e. The third-order valence-corrected chi connectivity index (χ3v) is 5.94. The molecule has 0 heterocycles. The van der Waals surface area contributed by atoms with Gasteiger partial charge >= 0.3 is 0 Å². The summed E-state index contributed by atoms with van der Waals surface area (Å²) < 4.78 is 27.8. The van der Waals surface area contributed by atoms with Crippen molar-refractivity contribution in [2.75, 3.05) is 10.0 Å². The van der Waals surface area contributed by atoms with Crippen LogP contribution in [0.25, 0.3) is 0 Å². The standard InChI is InChI=1S/C22H22N2O3S/c1-15-9-11-18(13-17(15)3)22(25)23-19-12-10-16(2)21(14-19)24-28(26,27)20-7-5-4-6-8-20/h4-14,24H,1-3H3,(H,23,25). The van der Waals surface area contributed by atoms with E-state index < -0.39 is 10.0 Å². The fourth-order valence-electron chi connectivity index (χ4n) is 2.70. The van der Waals surface area contributed by atoms with Crippen LogP contribution >= 0.6 is 0 Å². The zero-order chi connectivity index (χ0) is 20.3. The molecule has 0 spiro atoms. The molecule has 0 aromatic heterocycles. The fraction of sp³-hybridized carbons (Fsp3) is 0.136. The van der Waals surface area contributed by atoms with Crippen LogP contribution in [0.1, 0.15) is 27.0 Å². The number of benzene rings is 3. The quantitative estimate of drug-likeness (QED) is 0.661. The SMILES string of the molecule is Cc1ccc(C(=O)Nc2ccc(C)c(NS(=O)(=O)c3ccccc3)c2)cc1C. The van der Waals surface area contributed by atoms with Crippen LogP contribution in [0.2, 0.25) is 0 Å². The molecular formula is C22H22N2O3S. The average molecular weight is 394 g/mol. The lowest BCUT2D eigenvalue weighted by atomic mass is 10.1. The zero-order valence-corrected chi connectivity index (χ0v) is 16.8. The van der Waals surface area contributed by atoms with Gasteiger partial charge in [-0.15, -0.1) is 0 Å². The van der Waals surface area contributed by atoms with Gasteiger partial charge in [-0.25, -0.2) is 8.42 Å². The van der Waals surface area contributed by atoms with Gasteiger partial charge in [0, 0.05) is 11.3 Å². The second kappa shape index (κ2) is 7.86. The van der Waals surface area contributed by atoms with E-state index in [1.54, 1.807) is 49.4 Å². The topological polar surface area (TPSA) is 75.3 Å². The van der Waals surface area contributed by atoms with Crippen molar-refractivity contribution in [2.24, 2.45) is 0 Å². The van der Waals surface area contributed by atoms with Crippen molar-refractivity contribution in [1.82, 2.24) is 0 Å². The molecule has 144 valence electrons. The molecule has 3 aromatic rings. The highest BCUT2D eigenvalue weighted by atomic mass is 32.2. The lowest BCUT2D eigenvalue weighted by Gasteiger charge is -2.13. The van der Waals surface area contributed by atoms with Gasteiger partial charge in [-0.05, 0) is 73.9 Å². The molecule has 1 amide bonds. The first kappa shape index (κ1) is 19.6. The summed E-state index contributed by atoms with van der Waals surface area (Å²) in [6, 6.07) is 18.8. The number of sulfonamides is 1. The normalized spacial score (nSPS) is 11.1. The van der Waals surface area contributed by atoms with E-state index in [2.05, 4.69) is 10.0 Å². The van der Waals surface area contributed by atoms with Crippen LogP contribution in [-0.4, -0.2) is 14.3 Å². The summed E-state index contributed by atoms with van der Waals surface area (Å²) >= 11 is 0. The number of amides is 1. The monoisotopic (exact) mass is 394 g/mol. The molecular weight excluding hydrogens is 372 g/mol. The molecule has 0 aliphatic rings. The lowest BCUT2D eigenvalue weighted by Crippen LogP contribution is -2.15. The first-order valence-corrected chi connectivity index (χ1v) is 10.3. The van der Waals surface area contributed by atoms with Gasteiger partial charge in [-0.2, -0.15) is 0 Å². The first-order valence-electron chi connectivity index (χ1n) is 8.83. The highest BCUT2D eigenvalue weighted by Gasteiger charge is 2.15. The minimum atomic E-state index is -3.71. The summed E-state index contributed by atoms with van der Waals surface area (Å²) in [6.45, 7) is 5.74. The first-order chi connectivity index (χ1) is 13.3. The number of hydrogen-bond donors (Lipinski definition) is 2. The molecule has 6 heteroatoms. The van der Waals surface area contributed by atoms with Crippen molar-refractivity contribution < 1.29 is 13.2 Å². The number of carbonyl (C=O) groups is 1. The number of rotatable bonds is 5. The summed E-state index contributed by atoms with van der Waals surface area (Å²) in [6.07, 6.45) is 0. The number of anilines is 2. The zero-order valence-electron chi connectivity index (χ0n) is 16.0. The molecule has 28 heavy (non-hydrogen) atoms. The summed E-state index contributed by atoms with van der Waals surface area (Å²) in [5.41, 5.74) is 4.39. The molecule has 0 aliphatic heterocycles. The van der Waals surface area contributed by atoms with Crippen LogP contribution in [0.15, 0.2) is 71.6 Å². The van der Waals surface area contributed by atoms with Gasteiger partial charge < -0.3 is 5.32 Å². The fourth-order valence-corrected chi connectivity index (χ4v) is 3.84. The Morgan fingerprint density at radius 3 is 2.14 bits per heavy atom. The summed E-state index contributed by atoms with van der Waals surface area (Å²) in [5, 5.41) is 2.82. The third kappa shape index (κ3) is 4.40. The Morgan fingerprint density at radius 2 is 1.46 bits per heavy atom. The van der Waals surface area contributed by atoms with E-state index in [9.17, 15) is 13.2 Å². The molecule has 0 bridgehead atoms. The van der Waals surface area contributed by atoms with Crippen LogP contribution in [0.3, 0.4) is 0 Å². The van der Waals surface area contributed by atoms with E-state index in [0.29, 0.717) is 16.9 Å². The van der Waals surface area contributed by atoms with Gasteiger partial charge in [0.1, 0.15) is 0 Å². The van der Waals surface area contributed by atoms with Crippen molar-refractivity contribution in [2.45, 2.75) is 25.7 Å². The Hall–Kier alpha value is -3.12. The van der Waals surface area contributed by atoms with Crippen LogP contribution in [-0.2, 0) is 10.0 Å². The van der Waals surface area contributed by atoms with Gasteiger partial charge in [-0.1, -0.05) is 30.3 Å². The van der Waals surface area contributed by atoms with Crippen molar-refractivity contribution in [3.8, 4) is 0 Å². The maximum absolute atomic E-state index is 12.6. The van der Waals surface area contributed by atoms with Crippen molar-refractivity contribution in [3.63, 3.8) is 0 Å². The Labute approximate surface area is 165 Å². The summed E-state index contributed by atoms with van der Waals surface area (Å²) in [7, 11) is -3.71. The van der Waals surface area contributed by atoms with E-state index in [4.69, 9.17) is 0 Å². The number of carbonyl (C=O) groups excluding carboxylic acids is 1. The highest BCUT2D eigenvalue weighted by molar-refractivity contribution is 7.92. The van der Waals surface area contributed by atoms with E-state index in [1.807, 2.05) is 26.0 Å². The number of aryl methyl sites for hydroxylation is 3.